The molecule has 1 aliphatic rings. The van der Waals surface area contributed by atoms with Crippen LogP contribution >= 0.6 is 0 Å². The zero-order valence-electron chi connectivity index (χ0n) is 24.0. The summed E-state index contributed by atoms with van der Waals surface area (Å²) in [6, 6.07) is 1.00. The lowest BCUT2D eigenvalue weighted by Crippen LogP contribution is -2.47. The Morgan fingerprint density at radius 2 is 1.60 bits per heavy atom. The lowest BCUT2D eigenvalue weighted by molar-refractivity contribution is -0.137. The predicted octanol–water partition coefficient (Wildman–Crippen LogP) is 6.99. The number of nitrogens with zero attached hydrogens (tertiary/aromatic N) is 4. The molecule has 1 N–H and O–H groups in total. The molecule has 0 spiro atoms. The molecule has 3 heterocycles. The van der Waals surface area contributed by atoms with Crippen LogP contribution in [-0.4, -0.2) is 62.0 Å². The maximum atomic E-state index is 14.3. The minimum atomic E-state index is -4.93. The van der Waals surface area contributed by atoms with Gasteiger partial charge in [0.1, 0.15) is 16.8 Å². The van der Waals surface area contributed by atoms with E-state index in [1.807, 2.05) is 0 Å². The Hall–Kier alpha value is -3.97. The maximum Gasteiger partial charge on any atom is 0.419 e. The first-order valence-corrected chi connectivity index (χ1v) is 13.2. The van der Waals surface area contributed by atoms with E-state index in [9.17, 15) is 31.5 Å². The van der Waals surface area contributed by atoms with Gasteiger partial charge < -0.3 is 19.7 Å². The minimum absolute atomic E-state index is 0.185. The maximum absolute atomic E-state index is 14.3. The Morgan fingerprint density at radius 3 is 2.21 bits per heavy atom. The van der Waals surface area contributed by atoms with Gasteiger partial charge in [0.25, 0.3) is 0 Å². The number of alkyl halides is 3. The molecule has 0 saturated carbocycles. The predicted molar refractivity (Wildman–Crippen MR) is 144 cm³/mol. The lowest BCUT2D eigenvalue weighted by Gasteiger charge is -2.34. The highest BCUT2D eigenvalue weighted by Gasteiger charge is 2.37. The van der Waals surface area contributed by atoms with Gasteiger partial charge in [-0.05, 0) is 60.5 Å². The number of amides is 1. The Kier molecular flexibility index (Phi) is 8.13. The van der Waals surface area contributed by atoms with Crippen molar-refractivity contribution in [2.24, 2.45) is 0 Å². The quantitative estimate of drug-likeness (QED) is 0.325. The fourth-order valence-electron chi connectivity index (χ4n) is 4.50. The van der Waals surface area contributed by atoms with Crippen LogP contribution in [-0.2, 0) is 15.7 Å². The average molecular weight is 598 g/mol. The van der Waals surface area contributed by atoms with Gasteiger partial charge in [-0.3, -0.25) is 4.57 Å². The van der Waals surface area contributed by atoms with E-state index < -0.39 is 58.5 Å². The molecule has 1 atom stereocenters. The number of piperidine rings is 1. The Morgan fingerprint density at radius 1 is 0.976 bits per heavy atom. The molecule has 1 amide bonds. The number of carbonyl (C=O) groups excluding carboxylic acids is 2. The molecule has 0 radical (unpaired) electrons. The number of ether oxygens (including phenoxy) is 2. The molecule has 228 valence electrons. The topological polar surface area (TPSA) is 98.6 Å². The Balaban J connectivity index is 1.76. The molecule has 1 fully saturated rings. The summed E-state index contributed by atoms with van der Waals surface area (Å²) in [6.45, 7) is 10.6. The molecule has 0 aliphatic carbocycles. The third-order valence-electron chi connectivity index (χ3n) is 6.19. The lowest BCUT2D eigenvalue weighted by atomic mass is 10.1. The first kappa shape index (κ1) is 31.0. The summed E-state index contributed by atoms with van der Waals surface area (Å²) in [7, 11) is 0. The van der Waals surface area contributed by atoms with Crippen LogP contribution in [0.2, 0.25) is 0 Å². The van der Waals surface area contributed by atoms with Gasteiger partial charge in [0.2, 0.25) is 5.95 Å². The summed E-state index contributed by atoms with van der Waals surface area (Å²) < 4.78 is 82.6. The van der Waals surface area contributed by atoms with E-state index in [0.717, 1.165) is 10.8 Å². The zero-order valence-corrected chi connectivity index (χ0v) is 24.0. The van der Waals surface area contributed by atoms with Crippen LogP contribution in [0.1, 0.15) is 59.9 Å². The van der Waals surface area contributed by atoms with Gasteiger partial charge in [-0.15, -0.1) is 0 Å². The van der Waals surface area contributed by atoms with Gasteiger partial charge in [-0.25, -0.2) is 28.3 Å². The van der Waals surface area contributed by atoms with Crippen molar-refractivity contribution in [2.75, 3.05) is 18.4 Å². The number of fused-ring (bicyclic) bond motifs is 1. The molecule has 2 aromatic heterocycles. The smallest absolute Gasteiger partial charge is 0.419 e. The van der Waals surface area contributed by atoms with Crippen molar-refractivity contribution in [1.82, 2.24) is 19.4 Å². The van der Waals surface area contributed by atoms with Crippen LogP contribution in [0.3, 0.4) is 0 Å². The van der Waals surface area contributed by atoms with Crippen molar-refractivity contribution in [3.05, 3.63) is 41.7 Å². The third kappa shape index (κ3) is 7.08. The molecule has 42 heavy (non-hydrogen) atoms. The number of hydrogen-bond acceptors (Lipinski definition) is 7. The molecule has 1 saturated heterocycles. The number of benzene rings is 1. The number of hydrogen-bond donors (Lipinski definition) is 1. The highest BCUT2D eigenvalue weighted by molar-refractivity contribution is 6.00. The van der Waals surface area contributed by atoms with E-state index in [2.05, 4.69) is 15.3 Å². The van der Waals surface area contributed by atoms with Gasteiger partial charge >= 0.3 is 18.4 Å². The van der Waals surface area contributed by atoms with Gasteiger partial charge in [-0.2, -0.15) is 13.2 Å². The second-order valence-corrected chi connectivity index (χ2v) is 12.0. The van der Waals surface area contributed by atoms with Crippen LogP contribution in [0.15, 0.2) is 24.5 Å². The van der Waals surface area contributed by atoms with Crippen LogP contribution in [0, 0.1) is 11.6 Å². The molecule has 9 nitrogen and oxygen atoms in total. The summed E-state index contributed by atoms with van der Waals surface area (Å²) in [4.78, 5) is 34.9. The molecule has 0 bridgehead atoms. The van der Waals surface area contributed by atoms with Crippen molar-refractivity contribution in [3.63, 3.8) is 0 Å². The second kappa shape index (κ2) is 11.0. The number of carbonyl (C=O) groups is 2. The van der Waals surface area contributed by atoms with Gasteiger partial charge in [0.05, 0.1) is 11.2 Å². The van der Waals surface area contributed by atoms with E-state index in [4.69, 9.17) is 9.47 Å². The number of nitrogens with one attached hydrogen (secondary N) is 1. The molecular weight excluding hydrogens is 565 g/mol. The summed E-state index contributed by atoms with van der Waals surface area (Å²) in [5.74, 6) is -2.81. The van der Waals surface area contributed by atoms with Crippen LogP contribution < -0.4 is 5.32 Å². The number of rotatable bonds is 3. The first-order chi connectivity index (χ1) is 19.3. The highest BCUT2D eigenvalue weighted by Crippen LogP contribution is 2.40. The number of anilines is 1. The monoisotopic (exact) mass is 597 g/mol. The second-order valence-electron chi connectivity index (χ2n) is 12.0. The molecule has 14 heteroatoms. The van der Waals surface area contributed by atoms with Crippen molar-refractivity contribution >= 4 is 29.0 Å². The van der Waals surface area contributed by atoms with Crippen molar-refractivity contribution in [1.29, 1.82) is 0 Å². The number of halogens is 5. The van der Waals surface area contributed by atoms with Crippen LogP contribution in [0.5, 0.6) is 0 Å². The average Bonchev–Trinajstić information content (AvgIpc) is 3.20. The molecule has 1 aliphatic heterocycles. The number of likely N-dealkylation sites (tertiary alicyclic amines) is 1. The van der Waals surface area contributed by atoms with Gasteiger partial charge in [-0.1, -0.05) is 0 Å². The molecule has 1 aromatic carbocycles. The van der Waals surface area contributed by atoms with E-state index in [1.54, 1.807) is 41.5 Å². The number of aromatic nitrogens is 3. The van der Waals surface area contributed by atoms with Crippen molar-refractivity contribution < 1.29 is 41.0 Å². The minimum Gasteiger partial charge on any atom is -0.444 e. The fourth-order valence-corrected chi connectivity index (χ4v) is 4.50. The first-order valence-electron chi connectivity index (χ1n) is 13.2. The highest BCUT2D eigenvalue weighted by atomic mass is 19.4. The van der Waals surface area contributed by atoms with E-state index >= 15 is 0 Å². The fraction of sp³-hybridized carbons (Fsp3) is 0.500. The van der Waals surface area contributed by atoms with Gasteiger partial charge in [0, 0.05) is 48.5 Å². The van der Waals surface area contributed by atoms with Crippen LogP contribution in [0.25, 0.3) is 22.2 Å². The molecule has 3 aromatic rings. The summed E-state index contributed by atoms with van der Waals surface area (Å²) in [5.41, 5.74) is -4.09. The van der Waals surface area contributed by atoms with Crippen molar-refractivity contribution in [2.45, 2.75) is 77.8 Å². The third-order valence-corrected chi connectivity index (χ3v) is 6.19. The van der Waals surface area contributed by atoms with Crippen molar-refractivity contribution in [3.8, 4) is 11.3 Å². The normalized spacial score (nSPS) is 16.5. The van der Waals surface area contributed by atoms with E-state index in [-0.39, 0.29) is 29.0 Å². The SMILES string of the molecule is CC(C)(C)OC(=O)N1CCC[C@H](Nc2ncc(C(F)(F)F)c(-c3cn(C(=O)OC(C)(C)C)c4cc(F)c(F)cc34)n2)C1. The summed E-state index contributed by atoms with van der Waals surface area (Å²) in [5, 5.41) is 2.78. The Labute approximate surface area is 239 Å². The summed E-state index contributed by atoms with van der Waals surface area (Å²) in [6.07, 6.45) is -3.70. The summed E-state index contributed by atoms with van der Waals surface area (Å²) >= 11 is 0. The standard InChI is InChI=1S/C28H32F5N5O4/c1-26(2,3)41-24(39)37-9-7-8-15(13-37)35-23-34-12-18(28(31,32)33)22(36-23)17-14-38(25(40)42-27(4,5)6)21-11-20(30)19(29)10-16(17)21/h10-12,14-15H,7-9,13H2,1-6H3,(H,34,35,36)/t15-/m0/s1. The molecular formula is C28H32F5N5O4. The van der Waals surface area contributed by atoms with Crippen LogP contribution in [0.4, 0.5) is 37.5 Å². The largest absolute Gasteiger partial charge is 0.444 e. The van der Waals surface area contributed by atoms with E-state index in [1.165, 1.54) is 4.90 Å². The zero-order chi connectivity index (χ0) is 31.2. The van der Waals surface area contributed by atoms with Gasteiger partial charge in [0.15, 0.2) is 11.6 Å². The molecule has 4 rings (SSSR count). The molecule has 0 unspecified atom stereocenters. The van der Waals surface area contributed by atoms with E-state index in [0.29, 0.717) is 37.7 Å². The Bertz CT molecular complexity index is 1510.